The maximum atomic E-state index is 11.7. The van der Waals surface area contributed by atoms with Crippen LogP contribution in [0.25, 0.3) is 0 Å². The molecule has 0 aromatic heterocycles. The van der Waals surface area contributed by atoms with E-state index in [0.717, 1.165) is 11.1 Å². The predicted molar refractivity (Wildman–Crippen MR) is 72.9 cm³/mol. The number of carbonyl (C=O) groups is 1. The molecule has 96 valence electrons. The zero-order chi connectivity index (χ0) is 13.5. The molecule has 0 aliphatic heterocycles. The van der Waals surface area contributed by atoms with Gasteiger partial charge in [-0.05, 0) is 46.1 Å². The zero-order valence-electron chi connectivity index (χ0n) is 11.4. The smallest absolute Gasteiger partial charge is 0.162 e. The summed E-state index contributed by atoms with van der Waals surface area (Å²) < 4.78 is 0. The van der Waals surface area contributed by atoms with E-state index in [-0.39, 0.29) is 5.78 Å². The monoisotopic (exact) mass is 236 g/mol. The van der Waals surface area contributed by atoms with E-state index in [1.807, 2.05) is 32.9 Å². The van der Waals surface area contributed by atoms with Crippen LogP contribution in [0.3, 0.4) is 0 Å². The molecule has 17 heavy (non-hydrogen) atoms. The maximum Gasteiger partial charge on any atom is 0.162 e. The van der Waals surface area contributed by atoms with E-state index in [9.17, 15) is 9.90 Å². The second-order valence-electron chi connectivity index (χ2n) is 4.90. The molecule has 2 heteroatoms. The van der Waals surface area contributed by atoms with Gasteiger partial charge in [0.05, 0.1) is 5.60 Å². The van der Waals surface area contributed by atoms with Crippen molar-refractivity contribution in [2.75, 3.05) is 0 Å². The van der Waals surface area contributed by atoms with Crippen LogP contribution in [0.15, 0.2) is 36.0 Å². The van der Waals surface area contributed by atoms with Gasteiger partial charge in [-0.15, -0.1) is 6.58 Å². The van der Waals surface area contributed by atoms with Crippen molar-refractivity contribution in [2.24, 2.45) is 0 Å². The minimum absolute atomic E-state index is 0.143. The van der Waals surface area contributed by atoms with Gasteiger partial charge in [0.1, 0.15) is 0 Å². The van der Waals surface area contributed by atoms with E-state index in [1.54, 1.807) is 6.92 Å². The summed E-state index contributed by atoms with van der Waals surface area (Å²) in [6, 6.07) is 0. The standard InChI is InChI=1S/C15H24O2/c1-6-15(5,17)11-7-8-13(4)14(16)10-9-12(2)3/h6,8-9,17H,1,7,10-11H2,2-5H3/b13-8+/t15-/m1/s1. The Hall–Kier alpha value is -1.15. The van der Waals surface area contributed by atoms with E-state index < -0.39 is 5.60 Å². The fraction of sp³-hybridized carbons (Fsp3) is 0.533. The van der Waals surface area contributed by atoms with Crippen LogP contribution in [-0.4, -0.2) is 16.5 Å². The van der Waals surface area contributed by atoms with Gasteiger partial charge < -0.3 is 5.11 Å². The first-order valence-corrected chi connectivity index (χ1v) is 5.98. The molecule has 0 aliphatic rings. The van der Waals surface area contributed by atoms with E-state index in [2.05, 4.69) is 6.58 Å². The van der Waals surface area contributed by atoms with Gasteiger partial charge in [0, 0.05) is 6.42 Å². The molecule has 0 saturated heterocycles. The molecule has 0 spiro atoms. The lowest BCUT2D eigenvalue weighted by molar-refractivity contribution is -0.114. The molecule has 0 heterocycles. The fourth-order valence-electron chi connectivity index (χ4n) is 1.25. The van der Waals surface area contributed by atoms with Gasteiger partial charge in [-0.25, -0.2) is 0 Å². The molecule has 0 rings (SSSR count). The first kappa shape index (κ1) is 15.9. The first-order chi connectivity index (χ1) is 7.78. The van der Waals surface area contributed by atoms with Crippen molar-refractivity contribution in [3.05, 3.63) is 36.0 Å². The summed E-state index contributed by atoms with van der Waals surface area (Å²) in [7, 11) is 0. The zero-order valence-corrected chi connectivity index (χ0v) is 11.4. The number of hydrogen-bond donors (Lipinski definition) is 1. The lowest BCUT2D eigenvalue weighted by Crippen LogP contribution is -2.19. The number of carbonyl (C=O) groups excluding carboxylic acids is 1. The van der Waals surface area contributed by atoms with Crippen molar-refractivity contribution in [2.45, 2.75) is 52.6 Å². The Morgan fingerprint density at radius 2 is 1.88 bits per heavy atom. The molecule has 0 unspecified atom stereocenters. The van der Waals surface area contributed by atoms with E-state index in [0.29, 0.717) is 19.3 Å². The summed E-state index contributed by atoms with van der Waals surface area (Å²) in [5, 5.41) is 9.71. The Morgan fingerprint density at radius 1 is 1.29 bits per heavy atom. The van der Waals surface area contributed by atoms with Gasteiger partial charge in [-0.3, -0.25) is 4.79 Å². The van der Waals surface area contributed by atoms with Crippen molar-refractivity contribution < 1.29 is 9.90 Å². The molecule has 0 aromatic carbocycles. The molecule has 1 N–H and O–H groups in total. The van der Waals surface area contributed by atoms with Gasteiger partial charge in [0.15, 0.2) is 5.78 Å². The van der Waals surface area contributed by atoms with Gasteiger partial charge in [-0.2, -0.15) is 0 Å². The van der Waals surface area contributed by atoms with Gasteiger partial charge in [0.25, 0.3) is 0 Å². The number of hydrogen-bond acceptors (Lipinski definition) is 2. The van der Waals surface area contributed by atoms with Crippen LogP contribution in [0.4, 0.5) is 0 Å². The third kappa shape index (κ3) is 7.70. The SMILES string of the molecule is C=C[C@@](C)(O)CC/C=C(\C)C(=O)CC=C(C)C. The van der Waals surface area contributed by atoms with E-state index >= 15 is 0 Å². The molecule has 0 fully saturated rings. The highest BCUT2D eigenvalue weighted by Crippen LogP contribution is 2.14. The normalized spacial score (nSPS) is 15.0. The maximum absolute atomic E-state index is 11.7. The summed E-state index contributed by atoms with van der Waals surface area (Å²) in [6.45, 7) is 11.1. The van der Waals surface area contributed by atoms with Crippen LogP contribution >= 0.6 is 0 Å². The third-order valence-corrected chi connectivity index (χ3v) is 2.68. The van der Waals surface area contributed by atoms with Gasteiger partial charge in [-0.1, -0.05) is 23.8 Å². The molecule has 2 nitrogen and oxygen atoms in total. The summed E-state index contributed by atoms with van der Waals surface area (Å²) in [5.41, 5.74) is 1.07. The van der Waals surface area contributed by atoms with Gasteiger partial charge >= 0.3 is 0 Å². The minimum Gasteiger partial charge on any atom is -0.386 e. The van der Waals surface area contributed by atoms with Crippen molar-refractivity contribution in [3.8, 4) is 0 Å². The van der Waals surface area contributed by atoms with Gasteiger partial charge in [0.2, 0.25) is 0 Å². The molecule has 1 atom stereocenters. The minimum atomic E-state index is -0.847. The predicted octanol–water partition coefficient (Wildman–Crippen LogP) is 3.58. The second kappa shape index (κ2) is 7.23. The van der Waals surface area contributed by atoms with Crippen LogP contribution in [0.2, 0.25) is 0 Å². The molecular weight excluding hydrogens is 212 g/mol. The van der Waals surface area contributed by atoms with Crippen molar-refractivity contribution in [1.82, 2.24) is 0 Å². The molecule has 0 radical (unpaired) electrons. The highest BCUT2D eigenvalue weighted by molar-refractivity contribution is 5.95. The first-order valence-electron chi connectivity index (χ1n) is 5.98. The number of ketones is 1. The Morgan fingerprint density at radius 3 is 2.35 bits per heavy atom. The topological polar surface area (TPSA) is 37.3 Å². The lowest BCUT2D eigenvalue weighted by Gasteiger charge is -2.16. The molecule has 0 bridgehead atoms. The third-order valence-electron chi connectivity index (χ3n) is 2.68. The molecule has 0 saturated carbocycles. The summed E-state index contributed by atoms with van der Waals surface area (Å²) >= 11 is 0. The number of Topliss-reactive ketones (excluding diaryl/α,β-unsaturated/α-hetero) is 1. The van der Waals surface area contributed by atoms with Crippen molar-refractivity contribution in [1.29, 1.82) is 0 Å². The van der Waals surface area contributed by atoms with Crippen molar-refractivity contribution in [3.63, 3.8) is 0 Å². The van der Waals surface area contributed by atoms with Crippen LogP contribution in [0.5, 0.6) is 0 Å². The van der Waals surface area contributed by atoms with Crippen LogP contribution in [-0.2, 0) is 4.79 Å². The highest BCUT2D eigenvalue weighted by Gasteiger charge is 2.13. The fourth-order valence-corrected chi connectivity index (χ4v) is 1.25. The Labute approximate surface area is 105 Å². The Bertz CT molecular complexity index is 329. The highest BCUT2D eigenvalue weighted by atomic mass is 16.3. The molecule has 0 amide bonds. The molecule has 0 aromatic rings. The van der Waals surface area contributed by atoms with Crippen molar-refractivity contribution >= 4 is 5.78 Å². The van der Waals surface area contributed by atoms with Crippen LogP contribution < -0.4 is 0 Å². The largest absolute Gasteiger partial charge is 0.386 e. The second-order valence-corrected chi connectivity index (χ2v) is 4.90. The van der Waals surface area contributed by atoms with E-state index in [4.69, 9.17) is 0 Å². The lowest BCUT2D eigenvalue weighted by atomic mass is 9.99. The van der Waals surface area contributed by atoms with E-state index in [1.165, 1.54) is 6.08 Å². The summed E-state index contributed by atoms with van der Waals surface area (Å²) in [6.07, 6.45) is 7.08. The quantitative estimate of drug-likeness (QED) is 0.542. The molecular formula is C15H24O2. The number of aliphatic hydroxyl groups is 1. The average molecular weight is 236 g/mol. The summed E-state index contributed by atoms with van der Waals surface area (Å²) in [4.78, 5) is 11.7. The Balaban J connectivity index is 4.22. The molecule has 0 aliphatic carbocycles. The number of rotatable bonds is 7. The van der Waals surface area contributed by atoms with Crippen LogP contribution in [0.1, 0.15) is 47.0 Å². The Kier molecular flexibility index (Phi) is 6.74. The summed E-state index contributed by atoms with van der Waals surface area (Å²) in [5.74, 6) is 0.143. The van der Waals surface area contributed by atoms with Crippen LogP contribution in [0, 0.1) is 0 Å². The average Bonchev–Trinajstić information content (AvgIpc) is 2.25. The number of allylic oxidation sites excluding steroid dienone is 4.